The molecule has 0 radical (unpaired) electrons. The van der Waals surface area contributed by atoms with Crippen LogP contribution < -0.4 is 9.47 Å². The zero-order chi connectivity index (χ0) is 53.1. The van der Waals surface area contributed by atoms with Gasteiger partial charge in [0.05, 0.1) is 56.2 Å². The van der Waals surface area contributed by atoms with Gasteiger partial charge in [0, 0.05) is 49.8 Å². The monoisotopic (exact) mass is 1040 g/mol. The molecule has 0 unspecified atom stereocenters. The summed E-state index contributed by atoms with van der Waals surface area (Å²) in [6.45, 7) is 4.41. The Balaban J connectivity index is 1.24. The Morgan fingerprint density at radius 2 is 1.47 bits per heavy atom. The van der Waals surface area contributed by atoms with Gasteiger partial charge >= 0.3 is 6.09 Å². The van der Waals surface area contributed by atoms with Crippen molar-refractivity contribution in [2.75, 3.05) is 59.4 Å². The molecule has 2 aliphatic carbocycles. The zero-order valence-electron chi connectivity index (χ0n) is 42.9. The molecule has 1 heterocycles. The summed E-state index contributed by atoms with van der Waals surface area (Å²) in [5.41, 5.74) is 5.95. The number of aliphatic hydroxyl groups excluding tert-OH is 3. The van der Waals surface area contributed by atoms with Gasteiger partial charge < -0.3 is 48.6 Å². The van der Waals surface area contributed by atoms with Crippen LogP contribution in [0.1, 0.15) is 67.6 Å². The summed E-state index contributed by atoms with van der Waals surface area (Å²) in [5.74, 6) is -0.931. The molecule has 1 saturated carbocycles. The first-order valence-electron chi connectivity index (χ1n) is 26.3. The van der Waals surface area contributed by atoms with Gasteiger partial charge in [0.1, 0.15) is 36.5 Å². The summed E-state index contributed by atoms with van der Waals surface area (Å²) >= 11 is 0. The number of hydrogen-bond acceptors (Lipinski definition) is 14. The largest absolute Gasteiger partial charge is 0.459 e. The topological polar surface area (TPSA) is 201 Å². The van der Waals surface area contributed by atoms with Crippen LogP contribution in [0.5, 0.6) is 17.2 Å². The third kappa shape index (κ3) is 13.7. The molecule has 3 aliphatic rings. The molecular formula is C60H69N3O13. The minimum Gasteiger partial charge on any atom is -0.459 e. The number of nitro benzene ring substituents is 1. The molecule has 16 nitrogen and oxygen atoms in total. The fourth-order valence-corrected chi connectivity index (χ4v) is 10.8. The summed E-state index contributed by atoms with van der Waals surface area (Å²) < 4.78 is 39.0. The number of hydrogen-bond donors (Lipinski definition) is 3. The number of benzene rings is 5. The molecule has 1 amide bonds. The maximum atomic E-state index is 14.9. The summed E-state index contributed by atoms with van der Waals surface area (Å²) in [4.78, 5) is 33.7. The van der Waals surface area contributed by atoms with E-state index in [2.05, 4.69) is 24.8 Å². The Kier molecular flexibility index (Phi) is 20.2. The number of oxime groups is 1. The molecule has 3 N–H and O–H groups in total. The number of nitro groups is 1. The van der Waals surface area contributed by atoms with Gasteiger partial charge in [-0.2, -0.15) is 0 Å². The van der Waals surface area contributed by atoms with E-state index < -0.39 is 28.8 Å². The number of amides is 1. The summed E-state index contributed by atoms with van der Waals surface area (Å²) in [5, 5.41) is 46.2. The molecule has 16 heteroatoms. The molecule has 76 heavy (non-hydrogen) atoms. The lowest BCUT2D eigenvalue weighted by Gasteiger charge is -2.59. The molecule has 1 aliphatic heterocycles. The van der Waals surface area contributed by atoms with E-state index in [1.807, 2.05) is 91.0 Å². The third-order valence-corrected chi connectivity index (χ3v) is 14.3. The number of non-ortho nitro benzene ring substituents is 1. The average molecular weight is 1040 g/mol. The molecule has 0 saturated heterocycles. The van der Waals surface area contributed by atoms with E-state index in [0.29, 0.717) is 48.0 Å². The van der Waals surface area contributed by atoms with Crippen LogP contribution in [0, 0.1) is 27.9 Å². The number of carbonyl (C=O) groups excluding carboxylic acids is 1. The molecule has 6 atom stereocenters. The van der Waals surface area contributed by atoms with Crippen molar-refractivity contribution in [3.8, 4) is 28.4 Å². The molecule has 1 fully saturated rings. The highest BCUT2D eigenvalue weighted by molar-refractivity contribution is 6.03. The predicted molar refractivity (Wildman–Crippen MR) is 287 cm³/mol. The molecule has 402 valence electrons. The summed E-state index contributed by atoms with van der Waals surface area (Å²) in [7, 11) is 0. The van der Waals surface area contributed by atoms with E-state index in [0.717, 1.165) is 53.5 Å². The lowest BCUT2D eigenvalue weighted by Crippen LogP contribution is -2.70. The highest BCUT2D eigenvalue weighted by atomic mass is 16.7. The van der Waals surface area contributed by atoms with Crippen LogP contribution in [-0.2, 0) is 37.0 Å². The van der Waals surface area contributed by atoms with Crippen molar-refractivity contribution in [2.45, 2.75) is 75.9 Å². The zero-order valence-corrected chi connectivity index (χ0v) is 42.9. The predicted octanol–water partition coefficient (Wildman–Crippen LogP) is 10.6. The fourth-order valence-electron chi connectivity index (χ4n) is 10.8. The van der Waals surface area contributed by atoms with Crippen molar-refractivity contribution in [1.29, 1.82) is 0 Å². The van der Waals surface area contributed by atoms with Gasteiger partial charge in [0.2, 0.25) is 5.79 Å². The van der Waals surface area contributed by atoms with Crippen LogP contribution in [-0.4, -0.2) is 108 Å². The van der Waals surface area contributed by atoms with Gasteiger partial charge in [-0.25, -0.2) is 4.79 Å². The van der Waals surface area contributed by atoms with Crippen LogP contribution in [0.2, 0.25) is 0 Å². The molecule has 0 aromatic heterocycles. The number of allylic oxidation sites excluding steroid dienone is 1. The molecule has 0 spiro atoms. The highest BCUT2D eigenvalue weighted by Gasteiger charge is 2.65. The van der Waals surface area contributed by atoms with Gasteiger partial charge in [0.25, 0.3) is 5.69 Å². The van der Waals surface area contributed by atoms with Crippen molar-refractivity contribution >= 4 is 17.5 Å². The second-order valence-electron chi connectivity index (χ2n) is 19.1. The number of carbonyl (C=O) groups is 1. The minimum absolute atomic E-state index is 0.00848. The number of nitrogens with zero attached hydrogens (tertiary/aromatic N) is 3. The van der Waals surface area contributed by atoms with E-state index in [9.17, 15) is 30.2 Å². The quantitative estimate of drug-likeness (QED) is 0.0177. The lowest BCUT2D eigenvalue weighted by molar-refractivity contribution is -0.384. The van der Waals surface area contributed by atoms with Crippen LogP contribution >= 0.6 is 0 Å². The van der Waals surface area contributed by atoms with Crippen molar-refractivity contribution < 1.29 is 58.3 Å². The second kappa shape index (κ2) is 27.7. The van der Waals surface area contributed by atoms with E-state index in [1.54, 1.807) is 23.1 Å². The van der Waals surface area contributed by atoms with Crippen LogP contribution in [0.25, 0.3) is 11.1 Å². The maximum absolute atomic E-state index is 14.9. The van der Waals surface area contributed by atoms with E-state index >= 15 is 0 Å². The van der Waals surface area contributed by atoms with Crippen LogP contribution in [0.15, 0.2) is 157 Å². The number of fused-ring (bicyclic) bond motifs is 2. The van der Waals surface area contributed by atoms with Gasteiger partial charge in [-0.1, -0.05) is 103 Å². The van der Waals surface area contributed by atoms with Crippen molar-refractivity contribution in [3.05, 3.63) is 179 Å². The first-order chi connectivity index (χ1) is 37.3. The van der Waals surface area contributed by atoms with Crippen molar-refractivity contribution in [1.82, 2.24) is 4.90 Å². The molecular weight excluding hydrogens is 971 g/mol. The summed E-state index contributed by atoms with van der Waals surface area (Å²) in [6, 6.07) is 38.7. The Morgan fingerprint density at radius 1 is 0.776 bits per heavy atom. The normalized spacial score (nSPS) is 20.9. The first kappa shape index (κ1) is 55.3. The van der Waals surface area contributed by atoms with Crippen LogP contribution in [0.3, 0.4) is 0 Å². The van der Waals surface area contributed by atoms with Gasteiger partial charge in [-0.05, 0) is 108 Å². The number of ether oxygens (including phenoxy) is 6. The lowest BCUT2D eigenvalue weighted by atomic mass is 9.55. The van der Waals surface area contributed by atoms with Gasteiger partial charge in [-0.3, -0.25) is 15.0 Å². The SMILES string of the molecule is C=CCO[C@@]12Oc3ccc(Oc4ccc(-c5ccccc5)cc4)cc3[C@H]3[C@H](CCCCO)[C@@H](CCCCO)C=C(C(=NOCc4ccc([N+](=O)[O-])cc4)C[C@@H]1N(CCOCCO)C(=O)OCCOCc1ccccc1)[C@H]32. The maximum Gasteiger partial charge on any atom is 0.410 e. The first-order valence-corrected chi connectivity index (χ1v) is 26.3. The van der Waals surface area contributed by atoms with Crippen molar-refractivity contribution in [3.63, 3.8) is 0 Å². The van der Waals surface area contributed by atoms with E-state index in [1.165, 1.54) is 12.1 Å². The number of unbranched alkanes of at least 4 members (excludes halogenated alkanes) is 2. The number of aliphatic hydroxyl groups is 3. The Labute approximate surface area is 444 Å². The molecule has 5 aromatic rings. The summed E-state index contributed by atoms with van der Waals surface area (Å²) in [6.07, 6.45) is 7.42. The second-order valence-corrected chi connectivity index (χ2v) is 19.1. The van der Waals surface area contributed by atoms with Gasteiger partial charge in [-0.15, -0.1) is 6.58 Å². The van der Waals surface area contributed by atoms with Crippen molar-refractivity contribution in [2.24, 2.45) is 22.9 Å². The average Bonchev–Trinajstić information content (AvgIpc) is 3.54. The standard InChI is InChI=1S/C60H69N3O13/c1-2-33-73-60-56(62(29-34-70-35-32-66)59(67)72-37-36-71-41-43-13-5-3-6-14-43)40-54(61-74-42-44-19-23-48(24-20-44)63(68)69)52-38-47(17-9-11-30-64)51(18-10-12-31-65)57(58(52)60)53-39-50(27-28-55(53)76-60)75-49-25-21-46(22-26-49)45-15-7-4-8-16-45/h2-8,13-16,19-28,38-39,47,51,56-58,64-66H,1,9-12,17-18,29-37,40-42H2/t47-,51+,56-,57+,58+,60+/m0/s1. The Bertz CT molecular complexity index is 2700. The Morgan fingerprint density at radius 3 is 2.18 bits per heavy atom. The molecule has 8 rings (SSSR count). The molecule has 5 aromatic carbocycles. The highest BCUT2D eigenvalue weighted by Crippen LogP contribution is 2.62. The Hall–Kier alpha value is -6.92. The van der Waals surface area contributed by atoms with Crippen LogP contribution in [0.4, 0.5) is 10.5 Å². The fraction of sp³-hybridized carbons (Fsp3) is 0.400. The minimum atomic E-state index is -1.60. The van der Waals surface area contributed by atoms with Gasteiger partial charge in [0.15, 0.2) is 0 Å². The number of rotatable bonds is 29. The molecule has 0 bridgehead atoms. The van der Waals surface area contributed by atoms with E-state index in [4.69, 9.17) is 38.4 Å². The van der Waals surface area contributed by atoms with E-state index in [-0.39, 0.29) is 95.9 Å². The third-order valence-electron chi connectivity index (χ3n) is 14.3. The smallest absolute Gasteiger partial charge is 0.410 e.